The summed E-state index contributed by atoms with van der Waals surface area (Å²) in [6.07, 6.45) is 3.19. The summed E-state index contributed by atoms with van der Waals surface area (Å²) in [7, 11) is 0. The first-order valence-electron chi connectivity index (χ1n) is 3.75. The Kier molecular flexibility index (Phi) is 1.27. The van der Waals surface area contributed by atoms with E-state index in [2.05, 4.69) is 0 Å². The molecule has 2 rings (SSSR count). The summed E-state index contributed by atoms with van der Waals surface area (Å²) in [6.45, 7) is -0.256. The molecule has 2 N–H and O–H groups in total. The Morgan fingerprint density at radius 2 is 2.30 bits per heavy atom. The molecule has 1 aliphatic carbocycles. The van der Waals surface area contributed by atoms with E-state index in [1.807, 2.05) is 0 Å². The normalized spacial score (nSPS) is 52.2. The molecule has 2 bridgehead atoms. The van der Waals surface area contributed by atoms with Gasteiger partial charge in [-0.2, -0.15) is 0 Å². The van der Waals surface area contributed by atoms with E-state index in [1.54, 1.807) is 0 Å². The molecule has 0 radical (unpaired) electrons. The van der Waals surface area contributed by atoms with Gasteiger partial charge in [-0.05, 0) is 19.3 Å². The number of rotatable bonds is 1. The molecule has 3 nitrogen and oxygen atoms in total. The highest BCUT2D eigenvalue weighted by Crippen LogP contribution is 2.44. The molecule has 1 heterocycles. The smallest absolute Gasteiger partial charge is 0.192 e. The fourth-order valence-electron chi connectivity index (χ4n) is 2.01. The van der Waals surface area contributed by atoms with Gasteiger partial charge in [-0.15, -0.1) is 0 Å². The highest BCUT2D eigenvalue weighted by Gasteiger charge is 2.50. The van der Waals surface area contributed by atoms with Crippen LogP contribution in [-0.4, -0.2) is 28.7 Å². The van der Waals surface area contributed by atoms with Crippen molar-refractivity contribution < 1.29 is 14.9 Å². The van der Waals surface area contributed by atoms with Gasteiger partial charge in [0.05, 0.1) is 12.7 Å². The summed E-state index contributed by atoms with van der Waals surface area (Å²) in [6, 6.07) is 0. The first-order valence-corrected chi connectivity index (χ1v) is 3.75. The Hall–Kier alpha value is -0.120. The van der Waals surface area contributed by atoms with Crippen LogP contribution in [0.1, 0.15) is 19.3 Å². The minimum Gasteiger partial charge on any atom is -0.391 e. The van der Waals surface area contributed by atoms with Crippen LogP contribution >= 0.6 is 0 Å². The van der Waals surface area contributed by atoms with E-state index in [9.17, 15) is 5.11 Å². The summed E-state index contributed by atoms with van der Waals surface area (Å²) in [4.78, 5) is 0. The van der Waals surface area contributed by atoms with Crippen LogP contribution in [0.5, 0.6) is 0 Å². The second kappa shape index (κ2) is 1.94. The molecule has 10 heavy (non-hydrogen) atoms. The highest BCUT2D eigenvalue weighted by atomic mass is 16.6. The van der Waals surface area contributed by atoms with Gasteiger partial charge in [-0.3, -0.25) is 0 Å². The van der Waals surface area contributed by atoms with Gasteiger partial charge in [0.2, 0.25) is 0 Å². The van der Waals surface area contributed by atoms with Gasteiger partial charge in [0.25, 0.3) is 0 Å². The maximum absolute atomic E-state index is 9.52. The SMILES string of the molecule is OCC1(O)OC2CCC1C2. The Morgan fingerprint density at radius 3 is 2.60 bits per heavy atom. The quantitative estimate of drug-likeness (QED) is 0.539. The molecule has 0 aromatic rings. The summed E-state index contributed by atoms with van der Waals surface area (Å²) in [5.74, 6) is -1.01. The van der Waals surface area contributed by atoms with Crippen molar-refractivity contribution in [1.29, 1.82) is 0 Å². The average molecular weight is 144 g/mol. The lowest BCUT2D eigenvalue weighted by Crippen LogP contribution is -2.41. The molecule has 58 valence electrons. The number of hydrogen-bond donors (Lipinski definition) is 2. The van der Waals surface area contributed by atoms with Gasteiger partial charge in [-0.1, -0.05) is 0 Å². The number of ether oxygens (including phenoxy) is 1. The van der Waals surface area contributed by atoms with Crippen molar-refractivity contribution in [3.05, 3.63) is 0 Å². The minimum atomic E-state index is -1.19. The molecule has 0 amide bonds. The summed E-state index contributed by atoms with van der Waals surface area (Å²) in [5, 5.41) is 18.3. The van der Waals surface area contributed by atoms with E-state index < -0.39 is 5.79 Å². The molecule has 0 spiro atoms. The molecule has 1 aliphatic heterocycles. The van der Waals surface area contributed by atoms with E-state index in [0.717, 1.165) is 19.3 Å². The summed E-state index contributed by atoms with van der Waals surface area (Å²) in [5.41, 5.74) is 0. The lowest BCUT2D eigenvalue weighted by Gasteiger charge is -2.29. The van der Waals surface area contributed by atoms with Crippen LogP contribution < -0.4 is 0 Å². The monoisotopic (exact) mass is 144 g/mol. The van der Waals surface area contributed by atoms with Gasteiger partial charge in [0.1, 0.15) is 0 Å². The number of fused-ring (bicyclic) bond motifs is 2. The molecular weight excluding hydrogens is 132 g/mol. The third kappa shape index (κ3) is 0.713. The third-order valence-electron chi connectivity index (χ3n) is 2.62. The molecular formula is C7H12O3. The van der Waals surface area contributed by atoms with Gasteiger partial charge in [0, 0.05) is 5.92 Å². The Balaban J connectivity index is 2.14. The van der Waals surface area contributed by atoms with Crippen LogP contribution in [0.2, 0.25) is 0 Å². The second-order valence-corrected chi connectivity index (χ2v) is 3.25. The van der Waals surface area contributed by atoms with Crippen molar-refractivity contribution in [3.63, 3.8) is 0 Å². The van der Waals surface area contributed by atoms with E-state index >= 15 is 0 Å². The first kappa shape index (κ1) is 6.58. The fraction of sp³-hybridized carbons (Fsp3) is 1.00. The van der Waals surface area contributed by atoms with E-state index in [4.69, 9.17) is 9.84 Å². The first-order chi connectivity index (χ1) is 4.74. The third-order valence-corrected chi connectivity index (χ3v) is 2.62. The van der Waals surface area contributed by atoms with Crippen molar-refractivity contribution >= 4 is 0 Å². The number of aliphatic hydroxyl groups excluding tert-OH is 1. The minimum absolute atomic E-state index is 0.183. The van der Waals surface area contributed by atoms with Crippen LogP contribution in [0.3, 0.4) is 0 Å². The Morgan fingerprint density at radius 1 is 1.50 bits per heavy atom. The standard InChI is InChI=1S/C7H12O3/c8-4-7(9)5-1-2-6(3-5)10-7/h5-6,8-9H,1-4H2. The molecule has 0 aromatic carbocycles. The molecule has 3 heteroatoms. The molecule has 1 saturated carbocycles. The van der Waals surface area contributed by atoms with E-state index in [-0.39, 0.29) is 18.6 Å². The average Bonchev–Trinajstić information content (AvgIpc) is 2.46. The molecule has 3 atom stereocenters. The van der Waals surface area contributed by atoms with Gasteiger partial charge in [-0.25, -0.2) is 0 Å². The molecule has 2 fully saturated rings. The zero-order valence-electron chi connectivity index (χ0n) is 5.79. The molecule has 1 saturated heterocycles. The number of aliphatic hydroxyl groups is 2. The zero-order valence-corrected chi connectivity index (χ0v) is 5.79. The van der Waals surface area contributed by atoms with E-state index in [1.165, 1.54) is 0 Å². The number of hydrogen-bond acceptors (Lipinski definition) is 3. The Bertz CT molecular complexity index is 148. The second-order valence-electron chi connectivity index (χ2n) is 3.25. The van der Waals surface area contributed by atoms with Crippen molar-refractivity contribution in [2.75, 3.05) is 6.61 Å². The largest absolute Gasteiger partial charge is 0.391 e. The van der Waals surface area contributed by atoms with Crippen LogP contribution in [0, 0.1) is 5.92 Å². The molecule has 3 unspecified atom stereocenters. The van der Waals surface area contributed by atoms with E-state index in [0.29, 0.717) is 0 Å². The van der Waals surface area contributed by atoms with Crippen molar-refractivity contribution in [2.24, 2.45) is 5.92 Å². The summed E-state index contributed by atoms with van der Waals surface area (Å²) < 4.78 is 5.20. The molecule has 0 aromatic heterocycles. The van der Waals surface area contributed by atoms with Gasteiger partial charge in [0.15, 0.2) is 5.79 Å². The predicted octanol–water partition coefficient (Wildman–Crippen LogP) is -0.134. The summed E-state index contributed by atoms with van der Waals surface area (Å²) >= 11 is 0. The highest BCUT2D eigenvalue weighted by molar-refractivity contribution is 4.93. The topological polar surface area (TPSA) is 49.7 Å². The fourth-order valence-corrected chi connectivity index (χ4v) is 2.01. The lowest BCUT2D eigenvalue weighted by molar-refractivity contribution is -0.247. The van der Waals surface area contributed by atoms with Gasteiger partial charge >= 0.3 is 0 Å². The van der Waals surface area contributed by atoms with Gasteiger partial charge < -0.3 is 14.9 Å². The van der Waals surface area contributed by atoms with Crippen molar-refractivity contribution in [3.8, 4) is 0 Å². The van der Waals surface area contributed by atoms with Crippen molar-refractivity contribution in [1.82, 2.24) is 0 Å². The van der Waals surface area contributed by atoms with Crippen LogP contribution in [0.4, 0.5) is 0 Å². The van der Waals surface area contributed by atoms with Crippen LogP contribution in [0.15, 0.2) is 0 Å². The lowest BCUT2D eigenvalue weighted by atomic mass is 9.99. The van der Waals surface area contributed by atoms with Crippen molar-refractivity contribution in [2.45, 2.75) is 31.2 Å². The maximum Gasteiger partial charge on any atom is 0.192 e. The Labute approximate surface area is 59.6 Å². The van der Waals surface area contributed by atoms with Crippen LogP contribution in [-0.2, 0) is 4.74 Å². The van der Waals surface area contributed by atoms with Crippen LogP contribution in [0.25, 0.3) is 0 Å². The zero-order chi connectivity index (χ0) is 7.19. The maximum atomic E-state index is 9.52. The predicted molar refractivity (Wildman–Crippen MR) is 34.2 cm³/mol. The molecule has 2 aliphatic rings.